The number of aryl methyl sites for hydroxylation is 1. The lowest BCUT2D eigenvalue weighted by atomic mass is 10.0. The summed E-state index contributed by atoms with van der Waals surface area (Å²) in [6.45, 7) is 7.28. The molecule has 2 aromatic rings. The van der Waals surface area contributed by atoms with E-state index in [1.807, 2.05) is 4.68 Å². The van der Waals surface area contributed by atoms with E-state index in [0.717, 1.165) is 24.4 Å². The van der Waals surface area contributed by atoms with Crippen molar-refractivity contribution >= 4 is 5.57 Å². The molecule has 0 amide bonds. The molecule has 4 heteroatoms. The quantitative estimate of drug-likeness (QED) is 0.710. The second kappa shape index (κ2) is 7.72. The van der Waals surface area contributed by atoms with Crippen LogP contribution in [0.4, 0.5) is 0 Å². The van der Waals surface area contributed by atoms with Crippen LogP contribution >= 0.6 is 0 Å². The Balaban J connectivity index is 2.17. The SMILES string of the molecule is CC=C(C)c1cccc(-c2nnnn2CCCCCC)c1. The van der Waals surface area contributed by atoms with Gasteiger partial charge in [-0.3, -0.25) is 0 Å². The zero-order valence-electron chi connectivity index (χ0n) is 13.2. The molecule has 112 valence electrons. The first-order valence-electron chi connectivity index (χ1n) is 7.76. The average Bonchev–Trinajstić information content (AvgIpc) is 2.99. The number of aromatic nitrogens is 4. The molecule has 0 bridgehead atoms. The van der Waals surface area contributed by atoms with E-state index in [2.05, 4.69) is 66.6 Å². The predicted molar refractivity (Wildman–Crippen MR) is 86.7 cm³/mol. The standard InChI is InChI=1S/C17H24N4/c1-4-6-7-8-12-21-17(18-19-20-21)16-11-9-10-15(13-16)14(3)5-2/h5,9-11,13H,4,6-8,12H2,1-3H3. The third kappa shape index (κ3) is 4.00. The molecule has 1 aromatic carbocycles. The summed E-state index contributed by atoms with van der Waals surface area (Å²) in [5.41, 5.74) is 3.56. The molecule has 0 aliphatic carbocycles. The van der Waals surface area contributed by atoms with Gasteiger partial charge in [-0.1, -0.05) is 50.5 Å². The number of tetrazole rings is 1. The maximum atomic E-state index is 4.19. The number of unbranched alkanes of at least 4 members (excludes halogenated alkanes) is 3. The first-order valence-corrected chi connectivity index (χ1v) is 7.76. The van der Waals surface area contributed by atoms with E-state index in [0.29, 0.717) is 0 Å². The summed E-state index contributed by atoms with van der Waals surface area (Å²) in [5.74, 6) is 0.859. The molecule has 21 heavy (non-hydrogen) atoms. The van der Waals surface area contributed by atoms with Gasteiger partial charge in [0.05, 0.1) is 0 Å². The molecule has 0 saturated carbocycles. The van der Waals surface area contributed by atoms with Crippen LogP contribution in [-0.2, 0) is 6.54 Å². The molecule has 1 heterocycles. The molecule has 0 radical (unpaired) electrons. The van der Waals surface area contributed by atoms with E-state index in [-0.39, 0.29) is 0 Å². The number of hydrogen-bond acceptors (Lipinski definition) is 3. The highest BCUT2D eigenvalue weighted by Crippen LogP contribution is 2.22. The summed E-state index contributed by atoms with van der Waals surface area (Å²) in [4.78, 5) is 0. The Hall–Kier alpha value is -1.97. The summed E-state index contributed by atoms with van der Waals surface area (Å²) in [7, 11) is 0. The minimum absolute atomic E-state index is 0.859. The van der Waals surface area contributed by atoms with Crippen LogP contribution < -0.4 is 0 Å². The van der Waals surface area contributed by atoms with Gasteiger partial charge in [0.15, 0.2) is 5.82 Å². The zero-order valence-corrected chi connectivity index (χ0v) is 13.2. The van der Waals surface area contributed by atoms with Crippen LogP contribution in [0, 0.1) is 0 Å². The summed E-state index contributed by atoms with van der Waals surface area (Å²) in [6, 6.07) is 8.41. The lowest BCUT2D eigenvalue weighted by molar-refractivity contribution is 0.531. The van der Waals surface area contributed by atoms with E-state index >= 15 is 0 Å². The number of nitrogens with zero attached hydrogens (tertiary/aromatic N) is 4. The van der Waals surface area contributed by atoms with Crippen LogP contribution in [0.5, 0.6) is 0 Å². The molecule has 0 aliphatic heterocycles. The van der Waals surface area contributed by atoms with Crippen molar-refractivity contribution in [3.8, 4) is 11.4 Å². The molecule has 0 aliphatic rings. The van der Waals surface area contributed by atoms with E-state index < -0.39 is 0 Å². The molecule has 0 unspecified atom stereocenters. The van der Waals surface area contributed by atoms with Crippen molar-refractivity contribution in [3.05, 3.63) is 35.9 Å². The van der Waals surface area contributed by atoms with Gasteiger partial charge in [-0.25, -0.2) is 4.68 Å². The number of hydrogen-bond donors (Lipinski definition) is 0. The Labute approximate surface area is 126 Å². The summed E-state index contributed by atoms with van der Waals surface area (Å²) in [5, 5.41) is 12.2. The Bertz CT molecular complexity index is 598. The van der Waals surface area contributed by atoms with Gasteiger partial charge in [0.25, 0.3) is 0 Å². The molecule has 0 spiro atoms. The van der Waals surface area contributed by atoms with E-state index in [1.165, 1.54) is 30.4 Å². The topological polar surface area (TPSA) is 43.6 Å². The third-order valence-corrected chi connectivity index (χ3v) is 3.76. The normalized spacial score (nSPS) is 11.9. The smallest absolute Gasteiger partial charge is 0.182 e. The first-order chi connectivity index (χ1) is 10.3. The minimum atomic E-state index is 0.859. The Kier molecular flexibility index (Phi) is 5.67. The fourth-order valence-electron chi connectivity index (χ4n) is 2.32. The van der Waals surface area contributed by atoms with Crippen LogP contribution in [0.15, 0.2) is 30.3 Å². The van der Waals surface area contributed by atoms with Crippen molar-refractivity contribution in [2.24, 2.45) is 0 Å². The van der Waals surface area contributed by atoms with Crippen molar-refractivity contribution in [2.75, 3.05) is 0 Å². The lowest BCUT2D eigenvalue weighted by Crippen LogP contribution is -2.03. The molecule has 0 atom stereocenters. The highest BCUT2D eigenvalue weighted by atomic mass is 15.5. The Morgan fingerprint density at radius 2 is 2.10 bits per heavy atom. The molecule has 1 aromatic heterocycles. The second-order valence-electron chi connectivity index (χ2n) is 5.34. The van der Waals surface area contributed by atoms with Crippen molar-refractivity contribution in [1.29, 1.82) is 0 Å². The maximum Gasteiger partial charge on any atom is 0.182 e. The largest absolute Gasteiger partial charge is 0.225 e. The highest BCUT2D eigenvalue weighted by molar-refractivity contribution is 5.68. The molecule has 4 nitrogen and oxygen atoms in total. The Morgan fingerprint density at radius 1 is 1.24 bits per heavy atom. The van der Waals surface area contributed by atoms with Crippen LogP contribution in [0.1, 0.15) is 52.0 Å². The summed E-state index contributed by atoms with van der Waals surface area (Å²) in [6.07, 6.45) is 6.99. The van der Waals surface area contributed by atoms with Gasteiger partial charge in [0, 0.05) is 12.1 Å². The van der Waals surface area contributed by atoms with Crippen LogP contribution in [0.2, 0.25) is 0 Å². The Morgan fingerprint density at radius 3 is 2.86 bits per heavy atom. The number of rotatable bonds is 7. The monoisotopic (exact) mass is 284 g/mol. The van der Waals surface area contributed by atoms with Gasteiger partial charge in [-0.15, -0.1) is 5.10 Å². The van der Waals surface area contributed by atoms with Crippen LogP contribution in [-0.4, -0.2) is 20.2 Å². The maximum absolute atomic E-state index is 4.19. The first kappa shape index (κ1) is 15.4. The summed E-state index contributed by atoms with van der Waals surface area (Å²) < 4.78 is 1.92. The number of allylic oxidation sites excluding steroid dienone is 2. The lowest BCUT2D eigenvalue weighted by Gasteiger charge is -2.07. The van der Waals surface area contributed by atoms with E-state index in [4.69, 9.17) is 0 Å². The van der Waals surface area contributed by atoms with Crippen molar-refractivity contribution in [3.63, 3.8) is 0 Å². The summed E-state index contributed by atoms with van der Waals surface area (Å²) >= 11 is 0. The highest BCUT2D eigenvalue weighted by Gasteiger charge is 2.09. The number of benzene rings is 1. The van der Waals surface area contributed by atoms with Gasteiger partial charge >= 0.3 is 0 Å². The fraction of sp³-hybridized carbons (Fsp3) is 0.471. The van der Waals surface area contributed by atoms with E-state index in [1.54, 1.807) is 0 Å². The zero-order chi connectivity index (χ0) is 15.1. The van der Waals surface area contributed by atoms with Crippen LogP contribution in [0.25, 0.3) is 17.0 Å². The molecular formula is C17H24N4. The molecular weight excluding hydrogens is 260 g/mol. The van der Waals surface area contributed by atoms with Crippen molar-refractivity contribution in [2.45, 2.75) is 53.0 Å². The predicted octanol–water partition coefficient (Wildman–Crippen LogP) is 4.34. The molecule has 0 N–H and O–H groups in total. The average molecular weight is 284 g/mol. The minimum Gasteiger partial charge on any atom is -0.225 e. The molecule has 0 fully saturated rings. The van der Waals surface area contributed by atoms with Crippen molar-refractivity contribution in [1.82, 2.24) is 20.2 Å². The van der Waals surface area contributed by atoms with E-state index in [9.17, 15) is 0 Å². The van der Waals surface area contributed by atoms with Gasteiger partial charge in [0.1, 0.15) is 0 Å². The second-order valence-corrected chi connectivity index (χ2v) is 5.34. The fourth-order valence-corrected chi connectivity index (χ4v) is 2.32. The van der Waals surface area contributed by atoms with Gasteiger partial charge in [0.2, 0.25) is 0 Å². The molecule has 0 saturated heterocycles. The third-order valence-electron chi connectivity index (χ3n) is 3.76. The van der Waals surface area contributed by atoms with Crippen molar-refractivity contribution < 1.29 is 0 Å². The van der Waals surface area contributed by atoms with Gasteiger partial charge in [-0.05, 0) is 47.9 Å². The van der Waals surface area contributed by atoms with Crippen LogP contribution in [0.3, 0.4) is 0 Å². The van der Waals surface area contributed by atoms with Gasteiger partial charge < -0.3 is 0 Å². The molecule has 2 rings (SSSR count). The van der Waals surface area contributed by atoms with Gasteiger partial charge in [-0.2, -0.15) is 0 Å².